The zero-order chi connectivity index (χ0) is 25.3. The van der Waals surface area contributed by atoms with E-state index in [1.54, 1.807) is 42.2 Å². The molecule has 1 N–H and O–H groups in total. The molecule has 184 valence electrons. The second-order valence-electron chi connectivity index (χ2n) is 8.09. The minimum atomic E-state index is -4.64. The molecule has 0 aromatic heterocycles. The molecule has 1 saturated heterocycles. The quantitative estimate of drug-likeness (QED) is 0.335. The first kappa shape index (κ1) is 24.0. The number of ketones is 1. The van der Waals surface area contributed by atoms with E-state index in [1.165, 1.54) is 4.90 Å². The van der Waals surface area contributed by atoms with E-state index in [0.717, 1.165) is 18.5 Å². The van der Waals surface area contributed by atoms with Gasteiger partial charge in [0.15, 0.2) is 12.4 Å². The summed E-state index contributed by atoms with van der Waals surface area (Å²) in [4.78, 5) is 45.6. The SMILES string of the molecule is C[C@@H]1CN(C(=O)c2ccccc2)CCN1C(=O)C(=O)c1cnc2n(O)ccc(OCC(F)(F)F)c1-2. The summed E-state index contributed by atoms with van der Waals surface area (Å²) < 4.78 is 43.3. The number of rotatable bonds is 5. The maximum Gasteiger partial charge on any atom is 0.422 e. The van der Waals surface area contributed by atoms with Crippen molar-refractivity contribution in [3.63, 3.8) is 0 Å². The second-order valence-corrected chi connectivity index (χ2v) is 8.09. The molecule has 0 aliphatic carbocycles. The molecule has 0 bridgehead atoms. The maximum atomic E-state index is 13.1. The van der Waals surface area contributed by atoms with Gasteiger partial charge in [-0.25, -0.2) is 4.98 Å². The van der Waals surface area contributed by atoms with Crippen LogP contribution in [0.25, 0.3) is 11.4 Å². The summed E-state index contributed by atoms with van der Waals surface area (Å²) in [6.45, 7) is 0.556. The van der Waals surface area contributed by atoms with Crippen LogP contribution in [0.15, 0.2) is 48.8 Å². The van der Waals surface area contributed by atoms with E-state index in [9.17, 15) is 32.8 Å². The third kappa shape index (κ3) is 4.91. The van der Waals surface area contributed by atoms with Gasteiger partial charge >= 0.3 is 6.18 Å². The van der Waals surface area contributed by atoms with E-state index < -0.39 is 30.5 Å². The summed E-state index contributed by atoms with van der Waals surface area (Å²) in [6, 6.07) is 9.22. The average molecular weight is 490 g/mol. The number of alkyl halides is 3. The maximum absolute atomic E-state index is 13.1. The Labute approximate surface area is 197 Å². The zero-order valence-electron chi connectivity index (χ0n) is 18.5. The van der Waals surface area contributed by atoms with Crippen molar-refractivity contribution < 1.29 is 37.5 Å². The summed E-state index contributed by atoms with van der Waals surface area (Å²) in [5, 5.41) is 9.96. The number of carbonyl (C=O) groups is 3. The van der Waals surface area contributed by atoms with Crippen molar-refractivity contribution >= 4 is 17.6 Å². The lowest BCUT2D eigenvalue weighted by Gasteiger charge is -2.39. The van der Waals surface area contributed by atoms with E-state index in [0.29, 0.717) is 10.3 Å². The number of Topliss-reactive ketones (excluding diaryl/α,β-unsaturated/α-hetero) is 1. The van der Waals surface area contributed by atoms with Crippen LogP contribution < -0.4 is 4.74 Å². The fourth-order valence-corrected chi connectivity index (χ4v) is 3.99. The van der Waals surface area contributed by atoms with Gasteiger partial charge in [0.2, 0.25) is 0 Å². The predicted molar refractivity (Wildman–Crippen MR) is 115 cm³/mol. The molecule has 9 nitrogen and oxygen atoms in total. The smallest absolute Gasteiger partial charge is 0.422 e. The molecule has 12 heteroatoms. The highest BCUT2D eigenvalue weighted by Crippen LogP contribution is 2.35. The van der Waals surface area contributed by atoms with Crippen molar-refractivity contribution in [2.24, 2.45) is 0 Å². The number of halogens is 3. The van der Waals surface area contributed by atoms with E-state index in [2.05, 4.69) is 4.98 Å². The van der Waals surface area contributed by atoms with Crippen LogP contribution in [0.3, 0.4) is 0 Å². The van der Waals surface area contributed by atoms with E-state index in [-0.39, 0.29) is 48.2 Å². The molecule has 3 aliphatic rings. The van der Waals surface area contributed by atoms with Crippen LogP contribution in [0, 0.1) is 0 Å². The zero-order valence-corrected chi connectivity index (χ0v) is 18.5. The lowest BCUT2D eigenvalue weighted by atomic mass is 10.0. The summed E-state index contributed by atoms with van der Waals surface area (Å²) in [5.41, 5.74) is 0.0114. The largest absolute Gasteiger partial charge is 0.483 e. The Morgan fingerprint density at radius 2 is 1.86 bits per heavy atom. The molecule has 4 rings (SSSR count). The molecular formula is C23H21F3N4O5. The van der Waals surface area contributed by atoms with Crippen molar-refractivity contribution in [3.8, 4) is 17.1 Å². The van der Waals surface area contributed by atoms with Gasteiger partial charge in [0, 0.05) is 49.7 Å². The summed E-state index contributed by atoms with van der Waals surface area (Å²) in [6.07, 6.45) is -2.61. The Morgan fingerprint density at radius 3 is 2.51 bits per heavy atom. The van der Waals surface area contributed by atoms with Crippen molar-refractivity contribution in [2.45, 2.75) is 19.1 Å². The molecule has 0 spiro atoms. The van der Waals surface area contributed by atoms with Crippen molar-refractivity contribution in [1.82, 2.24) is 19.5 Å². The number of pyridine rings is 1. The normalized spacial score (nSPS) is 16.4. The summed E-state index contributed by atoms with van der Waals surface area (Å²) in [5.74, 6) is -2.67. The van der Waals surface area contributed by atoms with Crippen LogP contribution >= 0.6 is 0 Å². The fourth-order valence-electron chi connectivity index (χ4n) is 3.99. The van der Waals surface area contributed by atoms with Gasteiger partial charge in [-0.05, 0) is 19.1 Å². The molecule has 1 fully saturated rings. The average Bonchev–Trinajstić information content (AvgIpc) is 3.28. The Hall–Kier alpha value is -4.09. The molecule has 0 unspecified atom stereocenters. The minimum absolute atomic E-state index is 0.0911. The number of hydrogen-bond acceptors (Lipinski definition) is 6. The highest BCUT2D eigenvalue weighted by Gasteiger charge is 2.37. The van der Waals surface area contributed by atoms with Crippen LogP contribution in [-0.4, -0.2) is 80.8 Å². The number of ether oxygens (including phenoxy) is 1. The topological polar surface area (TPSA) is 105 Å². The van der Waals surface area contributed by atoms with Crippen molar-refractivity contribution in [3.05, 3.63) is 59.9 Å². The van der Waals surface area contributed by atoms with E-state index in [4.69, 9.17) is 4.74 Å². The third-order valence-corrected chi connectivity index (χ3v) is 5.67. The molecule has 2 amide bonds. The number of hydrogen-bond donors (Lipinski definition) is 1. The van der Waals surface area contributed by atoms with E-state index in [1.807, 2.05) is 0 Å². The second kappa shape index (κ2) is 9.28. The lowest BCUT2D eigenvalue weighted by molar-refractivity contribution is -0.153. The first-order chi connectivity index (χ1) is 16.6. The van der Waals surface area contributed by atoms with E-state index >= 15 is 0 Å². The van der Waals surface area contributed by atoms with Gasteiger partial charge in [0.1, 0.15) is 5.75 Å². The molecule has 0 saturated carbocycles. The highest BCUT2D eigenvalue weighted by atomic mass is 19.4. The standard InChI is InChI=1S/C23H21F3N4O5/c1-14-12-28(21(32)15-5-3-2-4-6-15)9-10-29(14)22(33)19(31)16-11-27-20-18(16)17(7-8-30(20)34)35-13-23(24,25)26/h2-8,11,14,34H,9-10,12-13H2,1H3/t14-/m1/s1. The van der Waals surface area contributed by atoms with Gasteiger partial charge in [-0.2, -0.15) is 17.9 Å². The van der Waals surface area contributed by atoms with Crippen molar-refractivity contribution in [2.75, 3.05) is 26.2 Å². The Morgan fingerprint density at radius 1 is 1.14 bits per heavy atom. The number of amides is 2. The Bertz CT molecular complexity index is 1230. The van der Waals surface area contributed by atoms with Crippen LogP contribution in [0.2, 0.25) is 0 Å². The lowest BCUT2D eigenvalue weighted by Crippen LogP contribution is -2.56. The van der Waals surface area contributed by atoms with Gasteiger partial charge < -0.3 is 19.7 Å². The minimum Gasteiger partial charge on any atom is -0.483 e. The van der Waals surface area contributed by atoms with Gasteiger partial charge in [-0.1, -0.05) is 18.2 Å². The van der Waals surface area contributed by atoms with Gasteiger partial charge in [0.25, 0.3) is 17.6 Å². The number of benzene rings is 1. The molecule has 0 radical (unpaired) electrons. The van der Waals surface area contributed by atoms with Gasteiger partial charge in [-0.15, -0.1) is 0 Å². The molecule has 35 heavy (non-hydrogen) atoms. The van der Waals surface area contributed by atoms with Crippen LogP contribution in [0.1, 0.15) is 27.6 Å². The van der Waals surface area contributed by atoms with Crippen molar-refractivity contribution in [1.29, 1.82) is 0 Å². The molecule has 1 aromatic rings. The summed E-state index contributed by atoms with van der Waals surface area (Å²) >= 11 is 0. The van der Waals surface area contributed by atoms with Gasteiger partial charge in [-0.3, -0.25) is 14.4 Å². The molecule has 1 atom stereocenters. The van der Waals surface area contributed by atoms with Crippen LogP contribution in [0.4, 0.5) is 13.2 Å². The monoisotopic (exact) mass is 490 g/mol. The number of piperazine rings is 1. The number of carbonyl (C=O) groups excluding carboxylic acids is 3. The Balaban J connectivity index is 1.52. The Kier molecular flexibility index (Phi) is 6.37. The first-order valence-electron chi connectivity index (χ1n) is 10.7. The molecule has 3 heterocycles. The molecule has 3 aliphatic heterocycles. The first-order valence-corrected chi connectivity index (χ1v) is 10.7. The van der Waals surface area contributed by atoms with Gasteiger partial charge in [0.05, 0.1) is 11.1 Å². The number of aromatic nitrogens is 2. The number of nitrogens with zero attached hydrogens (tertiary/aromatic N) is 4. The van der Waals surface area contributed by atoms with Crippen LogP contribution in [-0.2, 0) is 4.79 Å². The van der Waals surface area contributed by atoms with Crippen LogP contribution in [0.5, 0.6) is 5.75 Å². The number of fused-ring (bicyclic) bond motifs is 1. The third-order valence-electron chi connectivity index (χ3n) is 5.67. The molecular weight excluding hydrogens is 469 g/mol. The predicted octanol–water partition coefficient (Wildman–Crippen LogP) is 2.72. The highest BCUT2D eigenvalue weighted by molar-refractivity contribution is 6.44. The molecule has 1 aromatic carbocycles. The fraction of sp³-hybridized carbons (Fsp3) is 0.304. The summed E-state index contributed by atoms with van der Waals surface area (Å²) in [7, 11) is 0.